The maximum absolute atomic E-state index is 11.9. The normalized spacial score (nSPS) is 17.4. The minimum atomic E-state index is -0.136. The zero-order valence-electron chi connectivity index (χ0n) is 12.3. The summed E-state index contributed by atoms with van der Waals surface area (Å²) in [6.45, 7) is 1.95. The molecule has 1 amide bonds. The number of rotatable bonds is 5. The highest BCUT2D eigenvalue weighted by Crippen LogP contribution is 2.09. The Kier molecular flexibility index (Phi) is 5.63. The lowest BCUT2D eigenvalue weighted by Gasteiger charge is -2.10. The number of nitrogens with one attached hydrogen (secondary N) is 3. The van der Waals surface area contributed by atoms with Crippen LogP contribution in [0.3, 0.4) is 0 Å². The van der Waals surface area contributed by atoms with Gasteiger partial charge in [0.15, 0.2) is 0 Å². The van der Waals surface area contributed by atoms with Crippen LogP contribution in [0.5, 0.6) is 0 Å². The fourth-order valence-electron chi connectivity index (χ4n) is 2.86. The Hall–Kier alpha value is -1.79. The molecule has 1 aromatic heterocycles. The van der Waals surface area contributed by atoms with Crippen LogP contribution in [0.15, 0.2) is 29.1 Å². The fraction of sp³-hybridized carbons (Fsp3) is 0.467. The van der Waals surface area contributed by atoms with Crippen LogP contribution in [0.1, 0.15) is 19.3 Å². The Morgan fingerprint density at radius 1 is 1.36 bits per heavy atom. The molecule has 7 heteroatoms. The van der Waals surface area contributed by atoms with E-state index >= 15 is 0 Å². The monoisotopic (exact) mass is 324 g/mol. The summed E-state index contributed by atoms with van der Waals surface area (Å²) in [6.07, 6.45) is 2.72. The largest absolute Gasteiger partial charge is 0.354 e. The molecule has 120 valence electrons. The molecular formula is C15H21ClN4O2. The van der Waals surface area contributed by atoms with E-state index in [0.717, 1.165) is 30.4 Å². The van der Waals surface area contributed by atoms with E-state index in [2.05, 4.69) is 15.6 Å². The summed E-state index contributed by atoms with van der Waals surface area (Å²) in [4.78, 5) is 26.5. The molecule has 22 heavy (non-hydrogen) atoms. The predicted molar refractivity (Wildman–Crippen MR) is 88.5 cm³/mol. The summed E-state index contributed by atoms with van der Waals surface area (Å²) >= 11 is 0. The third-order valence-electron chi connectivity index (χ3n) is 3.93. The number of amides is 1. The van der Waals surface area contributed by atoms with Gasteiger partial charge in [0.2, 0.25) is 5.91 Å². The number of fused-ring (bicyclic) bond motifs is 1. The van der Waals surface area contributed by atoms with Gasteiger partial charge in [-0.15, -0.1) is 12.4 Å². The Labute approximate surface area is 134 Å². The number of carbonyl (C=O) groups excluding carboxylic acids is 1. The van der Waals surface area contributed by atoms with Crippen LogP contribution >= 0.6 is 12.4 Å². The van der Waals surface area contributed by atoms with Gasteiger partial charge in [0.25, 0.3) is 0 Å². The Bertz CT molecular complexity index is 688. The molecule has 1 aliphatic rings. The van der Waals surface area contributed by atoms with Crippen molar-refractivity contribution < 1.29 is 4.79 Å². The summed E-state index contributed by atoms with van der Waals surface area (Å²) in [6, 6.07) is 7.87. The second-order valence-corrected chi connectivity index (χ2v) is 5.45. The van der Waals surface area contributed by atoms with Crippen LogP contribution in [-0.4, -0.2) is 34.6 Å². The summed E-state index contributed by atoms with van der Waals surface area (Å²) in [5.74, 6) is 0.0438. The lowest BCUT2D eigenvalue weighted by Crippen LogP contribution is -2.34. The number of benzene rings is 1. The van der Waals surface area contributed by atoms with Gasteiger partial charge in [0, 0.05) is 25.6 Å². The van der Waals surface area contributed by atoms with Crippen molar-refractivity contribution in [1.82, 2.24) is 20.2 Å². The first-order valence-corrected chi connectivity index (χ1v) is 7.41. The molecule has 1 aromatic carbocycles. The molecule has 2 aromatic rings. The molecule has 6 nitrogen and oxygen atoms in total. The van der Waals surface area contributed by atoms with E-state index in [9.17, 15) is 9.59 Å². The van der Waals surface area contributed by atoms with Crippen LogP contribution in [0, 0.1) is 0 Å². The average Bonchev–Trinajstić information content (AvgIpc) is 3.07. The summed E-state index contributed by atoms with van der Waals surface area (Å²) in [5.41, 5.74) is 1.56. The smallest absolute Gasteiger partial charge is 0.326 e. The van der Waals surface area contributed by atoms with Crippen molar-refractivity contribution in [3.8, 4) is 0 Å². The van der Waals surface area contributed by atoms with Crippen molar-refractivity contribution in [3.63, 3.8) is 0 Å². The number of aromatic nitrogens is 2. The van der Waals surface area contributed by atoms with Crippen LogP contribution in [-0.2, 0) is 11.3 Å². The van der Waals surface area contributed by atoms with Gasteiger partial charge in [-0.1, -0.05) is 12.1 Å². The maximum Gasteiger partial charge on any atom is 0.326 e. The minimum Gasteiger partial charge on any atom is -0.354 e. The first-order chi connectivity index (χ1) is 10.2. The van der Waals surface area contributed by atoms with Crippen molar-refractivity contribution in [2.45, 2.75) is 31.8 Å². The summed E-state index contributed by atoms with van der Waals surface area (Å²) in [7, 11) is 0. The zero-order valence-corrected chi connectivity index (χ0v) is 13.1. The molecule has 1 aliphatic heterocycles. The highest BCUT2D eigenvalue weighted by molar-refractivity contribution is 5.85. The molecule has 1 saturated heterocycles. The molecule has 3 N–H and O–H groups in total. The molecule has 3 rings (SSSR count). The third kappa shape index (κ3) is 3.69. The molecule has 0 spiro atoms. The minimum absolute atomic E-state index is 0. The van der Waals surface area contributed by atoms with Crippen LogP contribution in [0.4, 0.5) is 0 Å². The molecule has 0 saturated carbocycles. The van der Waals surface area contributed by atoms with Gasteiger partial charge in [0.1, 0.15) is 0 Å². The average molecular weight is 325 g/mol. The van der Waals surface area contributed by atoms with Crippen molar-refractivity contribution in [3.05, 3.63) is 34.7 Å². The number of hydrogen-bond acceptors (Lipinski definition) is 3. The van der Waals surface area contributed by atoms with Crippen molar-refractivity contribution in [2.24, 2.45) is 0 Å². The van der Waals surface area contributed by atoms with Crippen LogP contribution in [0.25, 0.3) is 11.0 Å². The second-order valence-electron chi connectivity index (χ2n) is 5.45. The predicted octanol–water partition coefficient (Wildman–Crippen LogP) is 1.01. The number of carbonyl (C=O) groups is 1. The van der Waals surface area contributed by atoms with E-state index in [4.69, 9.17) is 0 Å². The molecule has 1 unspecified atom stereocenters. The van der Waals surface area contributed by atoms with E-state index < -0.39 is 0 Å². The first kappa shape index (κ1) is 16.6. The third-order valence-corrected chi connectivity index (χ3v) is 3.93. The highest BCUT2D eigenvalue weighted by atomic mass is 35.5. The van der Waals surface area contributed by atoms with Gasteiger partial charge in [0.05, 0.1) is 11.0 Å². The molecule has 0 bridgehead atoms. The molecule has 1 fully saturated rings. The summed E-state index contributed by atoms with van der Waals surface area (Å²) < 4.78 is 1.66. The fourth-order valence-corrected chi connectivity index (χ4v) is 2.86. The van der Waals surface area contributed by atoms with E-state index in [0.29, 0.717) is 25.6 Å². The molecule has 0 radical (unpaired) electrons. The zero-order chi connectivity index (χ0) is 14.7. The van der Waals surface area contributed by atoms with Gasteiger partial charge in [-0.3, -0.25) is 9.36 Å². The van der Waals surface area contributed by atoms with E-state index in [1.54, 1.807) is 4.57 Å². The topological polar surface area (TPSA) is 78.9 Å². The van der Waals surface area contributed by atoms with Crippen LogP contribution < -0.4 is 16.3 Å². The van der Waals surface area contributed by atoms with Crippen LogP contribution in [0.2, 0.25) is 0 Å². The molecule has 2 heterocycles. The number of aromatic amines is 1. The van der Waals surface area contributed by atoms with Gasteiger partial charge in [-0.05, 0) is 31.5 Å². The van der Waals surface area contributed by atoms with E-state index in [1.165, 1.54) is 0 Å². The lowest BCUT2D eigenvalue weighted by atomic mass is 10.1. The van der Waals surface area contributed by atoms with E-state index in [-0.39, 0.29) is 24.0 Å². The van der Waals surface area contributed by atoms with Gasteiger partial charge in [-0.25, -0.2) is 4.79 Å². The number of nitrogens with zero attached hydrogens (tertiary/aromatic N) is 1. The van der Waals surface area contributed by atoms with Crippen molar-refractivity contribution in [2.75, 3.05) is 13.1 Å². The number of H-pyrrole nitrogens is 1. The Balaban J connectivity index is 0.00000176. The molecule has 1 atom stereocenters. The highest BCUT2D eigenvalue weighted by Gasteiger charge is 2.17. The van der Waals surface area contributed by atoms with Gasteiger partial charge < -0.3 is 15.6 Å². The number of para-hydroxylation sites is 2. The number of imidazole rings is 1. The lowest BCUT2D eigenvalue weighted by molar-refractivity contribution is -0.121. The van der Waals surface area contributed by atoms with Gasteiger partial charge >= 0.3 is 5.69 Å². The Morgan fingerprint density at radius 3 is 2.95 bits per heavy atom. The molecule has 0 aliphatic carbocycles. The van der Waals surface area contributed by atoms with Gasteiger partial charge in [-0.2, -0.15) is 0 Å². The van der Waals surface area contributed by atoms with E-state index in [1.807, 2.05) is 24.3 Å². The number of hydrogen-bond donors (Lipinski definition) is 3. The Morgan fingerprint density at radius 2 is 2.18 bits per heavy atom. The standard InChI is InChI=1S/C15H20N4O2.ClH/c20-14(10-11-4-3-7-16-11)17-8-9-19-13-6-2-1-5-12(13)18-15(19)21;/h1-2,5-6,11,16H,3-4,7-10H2,(H,17,20)(H,18,21);1H. The quantitative estimate of drug-likeness (QED) is 0.768. The second kappa shape index (κ2) is 7.47. The maximum atomic E-state index is 11.9. The van der Waals surface area contributed by atoms with Crippen molar-refractivity contribution in [1.29, 1.82) is 0 Å². The number of halogens is 1. The first-order valence-electron chi connectivity index (χ1n) is 7.41. The molecular weight excluding hydrogens is 304 g/mol. The summed E-state index contributed by atoms with van der Waals surface area (Å²) in [5, 5.41) is 6.19. The SMILES string of the molecule is Cl.O=C(CC1CCCN1)NCCn1c(=O)[nH]c2ccccc21. The van der Waals surface area contributed by atoms with Crippen molar-refractivity contribution >= 4 is 29.3 Å².